The van der Waals surface area contributed by atoms with Gasteiger partial charge in [0, 0.05) is 17.9 Å². The topological polar surface area (TPSA) is 27.7 Å². The Morgan fingerprint density at radius 3 is 2.31 bits per heavy atom. The number of benzene rings is 2. The summed E-state index contributed by atoms with van der Waals surface area (Å²) in [6, 6.07) is 9.67. The van der Waals surface area contributed by atoms with Crippen molar-refractivity contribution in [3.63, 3.8) is 0 Å². The third kappa shape index (κ3) is 6.65. The largest absolute Gasteiger partial charge is 0.461 e. The molecule has 0 N–H and O–H groups in total. The van der Waals surface area contributed by atoms with Gasteiger partial charge in [0.1, 0.15) is 11.6 Å². The van der Waals surface area contributed by atoms with Gasteiger partial charge in [-0.15, -0.1) is 0 Å². The Kier molecular flexibility index (Phi) is 8.48. The normalized spacial score (nSPS) is 19.3. The Hall–Kier alpha value is -2.19. The molecule has 8 heteroatoms. The highest BCUT2D eigenvalue weighted by molar-refractivity contribution is 5.65. The van der Waals surface area contributed by atoms with Crippen LogP contribution in [0, 0.1) is 11.7 Å². The fourth-order valence-electron chi connectivity index (χ4n) is 3.55. The molecular formula is C24H27F5O3. The molecule has 0 radical (unpaired) electrons. The number of halogens is 5. The van der Waals surface area contributed by atoms with E-state index in [-0.39, 0.29) is 11.9 Å². The molecule has 1 saturated heterocycles. The van der Waals surface area contributed by atoms with E-state index in [9.17, 15) is 22.0 Å². The van der Waals surface area contributed by atoms with Crippen molar-refractivity contribution in [1.82, 2.24) is 0 Å². The minimum absolute atomic E-state index is 0.268. The summed E-state index contributed by atoms with van der Waals surface area (Å²) >= 11 is 0. The molecular weight excluding hydrogens is 431 g/mol. The van der Waals surface area contributed by atoms with Gasteiger partial charge in [0.2, 0.25) is 0 Å². The quantitative estimate of drug-likeness (QED) is 0.365. The van der Waals surface area contributed by atoms with Gasteiger partial charge < -0.3 is 14.2 Å². The molecule has 2 aromatic rings. The molecule has 0 aliphatic carbocycles. The van der Waals surface area contributed by atoms with E-state index in [4.69, 9.17) is 9.47 Å². The average Bonchev–Trinajstić information content (AvgIpc) is 2.77. The molecule has 1 heterocycles. The predicted molar refractivity (Wildman–Crippen MR) is 110 cm³/mol. The monoisotopic (exact) mass is 458 g/mol. The summed E-state index contributed by atoms with van der Waals surface area (Å²) in [5.74, 6) is -0.471. The summed E-state index contributed by atoms with van der Waals surface area (Å²) in [6.07, 6.45) is -4.23. The standard InChI is InChI=1S/C24H27F5O3/c1-2-3-4-17-14-30-22(31-15-17)12-6-16-5-11-20(21(25)13-16)18-7-9-19(10-8-18)32-24(28,29)23(26)27/h5,7-11,13,17,22-23H,2-4,6,12,14-15H2,1H3. The fraction of sp³-hybridized carbons (Fsp3) is 0.500. The van der Waals surface area contributed by atoms with Gasteiger partial charge in [0.15, 0.2) is 6.29 Å². The van der Waals surface area contributed by atoms with Crippen molar-refractivity contribution in [3.8, 4) is 16.9 Å². The Bertz CT molecular complexity index is 849. The third-order valence-electron chi connectivity index (χ3n) is 5.38. The summed E-state index contributed by atoms with van der Waals surface area (Å²) < 4.78 is 80.6. The smallest absolute Gasteiger partial charge is 0.428 e. The number of alkyl halides is 4. The average molecular weight is 458 g/mol. The molecule has 1 aliphatic heterocycles. The van der Waals surface area contributed by atoms with Crippen molar-refractivity contribution in [3.05, 3.63) is 53.8 Å². The molecule has 0 bridgehead atoms. The highest BCUT2D eigenvalue weighted by atomic mass is 19.3. The lowest BCUT2D eigenvalue weighted by molar-refractivity contribution is -0.253. The first-order valence-electron chi connectivity index (χ1n) is 10.8. The molecule has 0 amide bonds. The van der Waals surface area contributed by atoms with Crippen molar-refractivity contribution < 1.29 is 36.2 Å². The zero-order valence-corrected chi connectivity index (χ0v) is 17.8. The van der Waals surface area contributed by atoms with Crippen LogP contribution in [0.1, 0.15) is 38.2 Å². The summed E-state index contributed by atoms with van der Waals surface area (Å²) in [5.41, 5.74) is 1.46. The number of unbranched alkanes of at least 4 members (excludes halogenated alkanes) is 1. The second-order valence-electron chi connectivity index (χ2n) is 7.95. The molecule has 0 unspecified atom stereocenters. The Balaban J connectivity index is 1.54. The maximum absolute atomic E-state index is 14.6. The molecule has 0 aromatic heterocycles. The van der Waals surface area contributed by atoms with Gasteiger partial charge in [0.25, 0.3) is 0 Å². The van der Waals surface area contributed by atoms with Gasteiger partial charge in [-0.3, -0.25) is 0 Å². The zero-order chi connectivity index (χ0) is 23.1. The van der Waals surface area contributed by atoms with Crippen molar-refractivity contribution >= 4 is 0 Å². The fourth-order valence-corrected chi connectivity index (χ4v) is 3.55. The molecule has 176 valence electrons. The van der Waals surface area contributed by atoms with E-state index < -0.39 is 24.1 Å². The molecule has 1 aliphatic rings. The van der Waals surface area contributed by atoms with Crippen LogP contribution in [0.4, 0.5) is 22.0 Å². The molecule has 32 heavy (non-hydrogen) atoms. The van der Waals surface area contributed by atoms with E-state index in [1.54, 1.807) is 12.1 Å². The molecule has 3 rings (SSSR count). The first-order valence-corrected chi connectivity index (χ1v) is 10.8. The van der Waals surface area contributed by atoms with E-state index in [0.717, 1.165) is 37.0 Å². The van der Waals surface area contributed by atoms with Gasteiger partial charge in [0.05, 0.1) is 13.2 Å². The number of aryl methyl sites for hydroxylation is 1. The molecule has 3 nitrogen and oxygen atoms in total. The lowest BCUT2D eigenvalue weighted by Crippen LogP contribution is -2.33. The maximum atomic E-state index is 14.6. The van der Waals surface area contributed by atoms with Crippen molar-refractivity contribution in [2.24, 2.45) is 5.92 Å². The van der Waals surface area contributed by atoms with Crippen LogP contribution in [0.25, 0.3) is 11.1 Å². The van der Waals surface area contributed by atoms with Crippen LogP contribution in [0.3, 0.4) is 0 Å². The predicted octanol–water partition coefficient (Wildman–Crippen LogP) is 6.84. The number of ether oxygens (including phenoxy) is 3. The van der Waals surface area contributed by atoms with Crippen molar-refractivity contribution in [2.45, 2.75) is 57.9 Å². The highest BCUT2D eigenvalue weighted by Crippen LogP contribution is 2.30. The highest BCUT2D eigenvalue weighted by Gasteiger charge is 2.43. The van der Waals surface area contributed by atoms with Crippen LogP contribution in [0.2, 0.25) is 0 Å². The van der Waals surface area contributed by atoms with Gasteiger partial charge in [-0.25, -0.2) is 4.39 Å². The van der Waals surface area contributed by atoms with Crippen LogP contribution < -0.4 is 4.74 Å². The maximum Gasteiger partial charge on any atom is 0.461 e. The SMILES string of the molecule is CCCCC1COC(CCc2ccc(-c3ccc(OC(F)(F)C(F)F)cc3)c(F)c2)OC1. The van der Waals surface area contributed by atoms with E-state index >= 15 is 0 Å². The summed E-state index contributed by atoms with van der Waals surface area (Å²) in [7, 11) is 0. The molecule has 2 aromatic carbocycles. The zero-order valence-electron chi connectivity index (χ0n) is 17.8. The lowest BCUT2D eigenvalue weighted by atomic mass is 10.0. The van der Waals surface area contributed by atoms with Gasteiger partial charge in [-0.2, -0.15) is 17.6 Å². The summed E-state index contributed by atoms with van der Waals surface area (Å²) in [5, 5.41) is 0. The number of rotatable bonds is 10. The lowest BCUT2D eigenvalue weighted by Gasteiger charge is -2.29. The Labute approximate surface area is 184 Å². The third-order valence-corrected chi connectivity index (χ3v) is 5.38. The van der Waals surface area contributed by atoms with Crippen LogP contribution in [-0.4, -0.2) is 32.0 Å². The van der Waals surface area contributed by atoms with Crippen molar-refractivity contribution in [2.75, 3.05) is 13.2 Å². The molecule has 0 spiro atoms. The van der Waals surface area contributed by atoms with Gasteiger partial charge in [-0.05, 0) is 42.2 Å². The van der Waals surface area contributed by atoms with E-state index in [0.29, 0.717) is 37.5 Å². The summed E-state index contributed by atoms with van der Waals surface area (Å²) in [6.45, 7) is 3.52. The van der Waals surface area contributed by atoms with E-state index in [2.05, 4.69) is 11.7 Å². The van der Waals surface area contributed by atoms with E-state index in [1.165, 1.54) is 18.2 Å². The number of hydrogen-bond acceptors (Lipinski definition) is 3. The molecule has 0 saturated carbocycles. The van der Waals surface area contributed by atoms with E-state index in [1.807, 2.05) is 0 Å². The Morgan fingerprint density at radius 1 is 1.03 bits per heavy atom. The van der Waals surface area contributed by atoms with Crippen LogP contribution >= 0.6 is 0 Å². The van der Waals surface area contributed by atoms with Gasteiger partial charge in [-0.1, -0.05) is 44.0 Å². The summed E-state index contributed by atoms with van der Waals surface area (Å²) in [4.78, 5) is 0. The van der Waals surface area contributed by atoms with Crippen LogP contribution in [0.15, 0.2) is 42.5 Å². The molecule has 0 atom stereocenters. The second-order valence-corrected chi connectivity index (χ2v) is 7.95. The first kappa shape index (κ1) is 24.5. The van der Waals surface area contributed by atoms with Crippen molar-refractivity contribution in [1.29, 1.82) is 0 Å². The first-order chi connectivity index (χ1) is 15.3. The van der Waals surface area contributed by atoms with Gasteiger partial charge >= 0.3 is 12.5 Å². The minimum atomic E-state index is -4.59. The second kappa shape index (κ2) is 11.1. The minimum Gasteiger partial charge on any atom is -0.428 e. The number of hydrogen-bond donors (Lipinski definition) is 0. The molecule has 1 fully saturated rings. The Morgan fingerprint density at radius 2 is 1.72 bits per heavy atom. The van der Waals surface area contributed by atoms with Crippen LogP contribution in [0.5, 0.6) is 5.75 Å². The van der Waals surface area contributed by atoms with Crippen LogP contribution in [-0.2, 0) is 15.9 Å².